The van der Waals surface area contributed by atoms with Crippen LogP contribution < -0.4 is 4.90 Å². The largest absolute Gasteiger partial charge is 0.295 e. The summed E-state index contributed by atoms with van der Waals surface area (Å²) in [5.74, 6) is -0.0532. The molecule has 0 spiro atoms. The second-order valence-corrected chi connectivity index (χ2v) is 7.89. The molecule has 1 aromatic carbocycles. The van der Waals surface area contributed by atoms with Gasteiger partial charge in [0, 0.05) is 29.0 Å². The van der Waals surface area contributed by atoms with Crippen LogP contribution in [0, 0.1) is 0 Å². The van der Waals surface area contributed by atoms with Gasteiger partial charge in [0.1, 0.15) is 11.1 Å². The first-order valence-electron chi connectivity index (χ1n) is 6.02. The van der Waals surface area contributed by atoms with Crippen LogP contribution in [0.3, 0.4) is 0 Å². The number of rotatable bonds is 2. The van der Waals surface area contributed by atoms with Crippen molar-refractivity contribution in [3.63, 3.8) is 0 Å². The van der Waals surface area contributed by atoms with Gasteiger partial charge in [-0.2, -0.15) is 4.98 Å². The maximum atomic E-state index is 12.1. The van der Waals surface area contributed by atoms with Crippen LogP contribution in [0.15, 0.2) is 24.3 Å². The van der Waals surface area contributed by atoms with Crippen LogP contribution in [0.2, 0.25) is 5.28 Å². The van der Waals surface area contributed by atoms with Crippen LogP contribution in [-0.2, 0) is 13.8 Å². The molecule has 1 unspecified atom stereocenters. The summed E-state index contributed by atoms with van der Waals surface area (Å²) in [5.41, 5.74) is 0.581. The zero-order valence-corrected chi connectivity index (χ0v) is 12.9. The summed E-state index contributed by atoms with van der Waals surface area (Å²) in [6.07, 6.45) is -0.165. The summed E-state index contributed by atoms with van der Waals surface area (Å²) in [5, 5.41) is -0.323. The van der Waals surface area contributed by atoms with E-state index in [2.05, 4.69) is 9.97 Å². The molecular weight excluding hydrogens is 337 g/mol. The van der Waals surface area contributed by atoms with E-state index in [1.54, 1.807) is 24.3 Å². The fourth-order valence-corrected chi connectivity index (χ4v) is 3.50. The van der Waals surface area contributed by atoms with Crippen LogP contribution in [0.1, 0.15) is 6.42 Å². The van der Waals surface area contributed by atoms with Gasteiger partial charge < -0.3 is 0 Å². The Hall–Kier alpha value is -1.44. The third-order valence-electron chi connectivity index (χ3n) is 3.30. The Morgan fingerprint density at radius 3 is 2.62 bits per heavy atom. The van der Waals surface area contributed by atoms with Gasteiger partial charge in [0.25, 0.3) is 0 Å². The van der Waals surface area contributed by atoms with Crippen molar-refractivity contribution in [1.29, 1.82) is 0 Å². The third-order valence-corrected chi connectivity index (χ3v) is 5.34. The van der Waals surface area contributed by atoms with E-state index < -0.39 is 14.3 Å². The molecule has 0 radical (unpaired) electrons. The number of benzene rings is 1. The Bertz CT molecular complexity index is 841. The van der Waals surface area contributed by atoms with E-state index in [-0.39, 0.29) is 24.2 Å². The summed E-state index contributed by atoms with van der Waals surface area (Å²) >= 11 is 5.87. The van der Waals surface area contributed by atoms with Crippen molar-refractivity contribution in [3.05, 3.63) is 29.5 Å². The summed E-state index contributed by atoms with van der Waals surface area (Å²) in [6, 6.07) is 7.05. The molecule has 110 valence electrons. The van der Waals surface area contributed by atoms with Crippen LogP contribution >= 0.6 is 22.3 Å². The number of hydrogen-bond acceptors (Lipinski definition) is 5. The fraction of sp³-hybridized carbons (Fsp3) is 0.250. The number of nitrogens with zero attached hydrogens (tertiary/aromatic N) is 3. The molecule has 0 saturated carbocycles. The highest BCUT2D eigenvalue weighted by atomic mass is 35.7. The first kappa shape index (κ1) is 14.5. The Morgan fingerprint density at radius 2 is 1.95 bits per heavy atom. The van der Waals surface area contributed by atoms with Gasteiger partial charge in [0.2, 0.25) is 20.2 Å². The molecule has 0 aliphatic carbocycles. The van der Waals surface area contributed by atoms with Gasteiger partial charge in [0.05, 0.1) is 5.52 Å². The molecule has 1 aliphatic rings. The molecule has 1 amide bonds. The molecule has 6 nitrogen and oxygen atoms in total. The van der Waals surface area contributed by atoms with E-state index in [9.17, 15) is 13.2 Å². The summed E-state index contributed by atoms with van der Waals surface area (Å²) in [4.78, 5) is 21.5. The molecule has 3 rings (SSSR count). The van der Waals surface area contributed by atoms with Crippen molar-refractivity contribution in [2.24, 2.45) is 0 Å². The van der Waals surface area contributed by atoms with E-state index >= 15 is 0 Å². The van der Waals surface area contributed by atoms with Crippen molar-refractivity contribution in [3.8, 4) is 0 Å². The lowest BCUT2D eigenvalue weighted by molar-refractivity contribution is -0.117. The van der Waals surface area contributed by atoms with Crippen LogP contribution in [0.25, 0.3) is 10.9 Å². The van der Waals surface area contributed by atoms with Crippen molar-refractivity contribution in [2.75, 3.05) is 11.4 Å². The predicted octanol–water partition coefficient (Wildman–Crippen LogP) is 1.96. The van der Waals surface area contributed by atoms with Crippen LogP contribution in [0.4, 0.5) is 5.82 Å². The number of amides is 1. The molecule has 9 heteroatoms. The van der Waals surface area contributed by atoms with Gasteiger partial charge in [-0.1, -0.05) is 12.1 Å². The number of carbonyl (C=O) groups is 1. The van der Waals surface area contributed by atoms with Crippen LogP contribution in [0.5, 0.6) is 0 Å². The SMILES string of the molecule is O=C1CC(S(=O)(=O)Cl)CN1c1nc(Cl)nc2ccccc12. The van der Waals surface area contributed by atoms with E-state index in [0.717, 1.165) is 0 Å². The van der Waals surface area contributed by atoms with E-state index in [0.29, 0.717) is 16.7 Å². The minimum absolute atomic E-state index is 0.00585. The molecule has 1 atom stereocenters. The highest BCUT2D eigenvalue weighted by Gasteiger charge is 2.39. The Kier molecular flexibility index (Phi) is 3.51. The molecule has 2 aromatic rings. The fourth-order valence-electron chi connectivity index (χ4n) is 2.31. The summed E-state index contributed by atoms with van der Waals surface area (Å²) in [6.45, 7) is -0.0397. The Morgan fingerprint density at radius 1 is 1.24 bits per heavy atom. The third kappa shape index (κ3) is 2.68. The second kappa shape index (κ2) is 5.08. The summed E-state index contributed by atoms with van der Waals surface area (Å²) in [7, 11) is 1.54. The normalized spacial score (nSPS) is 19.4. The number of fused-ring (bicyclic) bond motifs is 1. The molecule has 2 heterocycles. The molecule has 21 heavy (non-hydrogen) atoms. The first-order chi connectivity index (χ1) is 9.86. The van der Waals surface area contributed by atoms with Gasteiger partial charge in [-0.05, 0) is 23.7 Å². The monoisotopic (exact) mass is 345 g/mol. The summed E-state index contributed by atoms with van der Waals surface area (Å²) < 4.78 is 22.8. The van der Waals surface area contributed by atoms with E-state index in [1.165, 1.54) is 4.90 Å². The standard InChI is InChI=1S/C12H9Cl2N3O3S/c13-12-15-9-4-2-1-3-8(9)11(16-12)17-6-7(5-10(17)18)21(14,19)20/h1-4,7H,5-6H2. The quantitative estimate of drug-likeness (QED) is 0.613. The Balaban J connectivity index is 2.11. The molecule has 1 fully saturated rings. The van der Waals surface area contributed by atoms with Gasteiger partial charge in [0.15, 0.2) is 0 Å². The van der Waals surface area contributed by atoms with Crippen molar-refractivity contribution < 1.29 is 13.2 Å². The maximum Gasteiger partial charge on any atom is 0.237 e. The minimum Gasteiger partial charge on any atom is -0.295 e. The molecular formula is C12H9Cl2N3O3S. The number of hydrogen-bond donors (Lipinski definition) is 0. The van der Waals surface area contributed by atoms with Crippen molar-refractivity contribution in [1.82, 2.24) is 9.97 Å². The van der Waals surface area contributed by atoms with E-state index in [4.69, 9.17) is 22.3 Å². The minimum atomic E-state index is -3.81. The second-order valence-electron chi connectivity index (χ2n) is 4.64. The maximum absolute atomic E-state index is 12.1. The average Bonchev–Trinajstić information content (AvgIpc) is 2.79. The lowest BCUT2D eigenvalue weighted by Crippen LogP contribution is -2.28. The van der Waals surface area contributed by atoms with Gasteiger partial charge in [-0.3, -0.25) is 9.69 Å². The smallest absolute Gasteiger partial charge is 0.237 e. The number of aromatic nitrogens is 2. The van der Waals surface area contributed by atoms with Crippen molar-refractivity contribution in [2.45, 2.75) is 11.7 Å². The lowest BCUT2D eigenvalue weighted by atomic mass is 10.2. The first-order valence-corrected chi connectivity index (χ1v) is 8.77. The number of halogens is 2. The van der Waals surface area contributed by atoms with Crippen molar-refractivity contribution >= 4 is 54.0 Å². The number of para-hydroxylation sites is 1. The van der Waals surface area contributed by atoms with Gasteiger partial charge >= 0.3 is 0 Å². The predicted molar refractivity (Wildman–Crippen MR) is 80.1 cm³/mol. The highest BCUT2D eigenvalue weighted by Crippen LogP contribution is 2.31. The zero-order valence-electron chi connectivity index (χ0n) is 10.5. The molecule has 0 N–H and O–H groups in total. The average molecular weight is 346 g/mol. The van der Waals surface area contributed by atoms with Gasteiger partial charge in [-0.25, -0.2) is 13.4 Å². The number of carbonyl (C=O) groups excluding carboxylic acids is 1. The number of anilines is 1. The Labute approximate surface area is 130 Å². The van der Waals surface area contributed by atoms with Crippen LogP contribution in [-0.4, -0.2) is 36.1 Å². The molecule has 1 saturated heterocycles. The zero-order chi connectivity index (χ0) is 15.2. The molecule has 1 aliphatic heterocycles. The van der Waals surface area contributed by atoms with Gasteiger partial charge in [-0.15, -0.1) is 0 Å². The molecule has 0 bridgehead atoms. The molecule has 1 aromatic heterocycles. The van der Waals surface area contributed by atoms with E-state index in [1.807, 2.05) is 0 Å². The topological polar surface area (TPSA) is 80.2 Å². The highest BCUT2D eigenvalue weighted by molar-refractivity contribution is 8.14. The lowest BCUT2D eigenvalue weighted by Gasteiger charge is -2.17.